The molecular formula is C19H19FN6O. The van der Waals surface area contributed by atoms with Gasteiger partial charge in [0.05, 0.1) is 0 Å². The number of halogens is 1. The molecule has 0 aliphatic carbocycles. The molecule has 1 aromatic carbocycles. The first kappa shape index (κ1) is 18.7. The Morgan fingerprint density at radius 1 is 1.07 bits per heavy atom. The van der Waals surface area contributed by atoms with Crippen molar-refractivity contribution in [2.24, 2.45) is 4.99 Å². The smallest absolute Gasteiger partial charge is 0.275 e. The van der Waals surface area contributed by atoms with Crippen LogP contribution in [0.25, 0.3) is 0 Å². The van der Waals surface area contributed by atoms with Gasteiger partial charge >= 0.3 is 5.91 Å². The van der Waals surface area contributed by atoms with Crippen LogP contribution in [0.3, 0.4) is 0 Å². The second kappa shape index (κ2) is 7.63. The molecule has 3 rings (SSSR count). The van der Waals surface area contributed by atoms with Gasteiger partial charge in [-0.1, -0.05) is 17.9 Å². The molecule has 27 heavy (non-hydrogen) atoms. The third-order valence-electron chi connectivity index (χ3n) is 4.11. The van der Waals surface area contributed by atoms with Gasteiger partial charge in [-0.05, 0) is 44.4 Å². The predicted molar refractivity (Wildman–Crippen MR) is 99.9 cm³/mol. The number of nitrogens with one attached hydrogen (secondary N) is 3. The Kier molecular flexibility index (Phi) is 5.28. The number of aromatic nitrogens is 1. The summed E-state index contributed by atoms with van der Waals surface area (Å²) in [6.07, 6.45) is 1.58. The number of aliphatic imine (C=N–C) groups is 1. The van der Waals surface area contributed by atoms with Gasteiger partial charge in [-0.3, -0.25) is 20.4 Å². The van der Waals surface area contributed by atoms with E-state index in [2.05, 4.69) is 37.9 Å². The van der Waals surface area contributed by atoms with Crippen LogP contribution < -0.4 is 16.1 Å². The van der Waals surface area contributed by atoms with Crippen molar-refractivity contribution in [1.82, 2.24) is 26.1 Å². The molecule has 1 aliphatic heterocycles. The van der Waals surface area contributed by atoms with Crippen molar-refractivity contribution < 1.29 is 9.18 Å². The first-order valence-electron chi connectivity index (χ1n) is 8.26. The van der Waals surface area contributed by atoms with Gasteiger partial charge in [-0.15, -0.1) is 0 Å². The molecule has 0 unspecified atom stereocenters. The Balaban J connectivity index is 1.88. The Morgan fingerprint density at radius 3 is 2.41 bits per heavy atom. The van der Waals surface area contributed by atoms with Gasteiger partial charge in [0.15, 0.2) is 5.84 Å². The minimum absolute atomic E-state index is 0.290. The van der Waals surface area contributed by atoms with Crippen LogP contribution in [0.5, 0.6) is 0 Å². The van der Waals surface area contributed by atoms with E-state index in [0.717, 1.165) is 0 Å². The predicted octanol–water partition coefficient (Wildman–Crippen LogP) is 0.436. The monoisotopic (exact) mass is 366 g/mol. The largest absolute Gasteiger partial charge is 0.301 e. The molecule has 0 bridgehead atoms. The first-order valence-corrected chi connectivity index (χ1v) is 8.26. The van der Waals surface area contributed by atoms with Crippen molar-refractivity contribution in [2.45, 2.75) is 5.79 Å². The summed E-state index contributed by atoms with van der Waals surface area (Å²) in [5, 5.41) is 7.10. The van der Waals surface area contributed by atoms with Gasteiger partial charge in [-0.25, -0.2) is 19.8 Å². The number of carbonyl (C=O) groups is 1. The molecule has 1 amide bonds. The van der Waals surface area contributed by atoms with Crippen molar-refractivity contribution in [3.63, 3.8) is 0 Å². The fourth-order valence-electron chi connectivity index (χ4n) is 2.66. The molecule has 0 saturated heterocycles. The second-order valence-corrected chi connectivity index (χ2v) is 5.70. The maximum Gasteiger partial charge on any atom is 0.301 e. The van der Waals surface area contributed by atoms with E-state index in [1.165, 1.54) is 17.1 Å². The molecule has 0 fully saturated rings. The summed E-state index contributed by atoms with van der Waals surface area (Å²) in [7, 11) is 4.92. The number of benzene rings is 1. The topological polar surface area (TPSA) is 81.7 Å². The lowest BCUT2D eigenvalue weighted by atomic mass is 10.2. The number of amides is 1. The molecule has 0 radical (unpaired) electrons. The van der Waals surface area contributed by atoms with Gasteiger partial charge in [0.25, 0.3) is 0 Å². The Morgan fingerprint density at radius 2 is 1.81 bits per heavy atom. The number of hydrogen-bond donors (Lipinski definition) is 3. The van der Waals surface area contributed by atoms with Crippen LogP contribution in [0.4, 0.5) is 4.39 Å². The Hall–Kier alpha value is -3.12. The van der Waals surface area contributed by atoms with Crippen molar-refractivity contribution >= 4 is 11.7 Å². The third kappa shape index (κ3) is 3.57. The van der Waals surface area contributed by atoms with Gasteiger partial charge in [-0.2, -0.15) is 0 Å². The summed E-state index contributed by atoms with van der Waals surface area (Å²) in [5.74, 6) is 4.36. The third-order valence-corrected chi connectivity index (χ3v) is 4.11. The number of carbonyl (C=O) groups excluding carboxylic acids is 1. The highest BCUT2D eigenvalue weighted by atomic mass is 19.1. The van der Waals surface area contributed by atoms with E-state index < -0.39 is 5.79 Å². The summed E-state index contributed by atoms with van der Waals surface area (Å²) in [5.41, 5.74) is 4.58. The van der Waals surface area contributed by atoms with Crippen LogP contribution in [0.1, 0.15) is 16.8 Å². The van der Waals surface area contributed by atoms with Crippen LogP contribution in [-0.4, -0.2) is 48.7 Å². The summed E-state index contributed by atoms with van der Waals surface area (Å²) >= 11 is 0. The first-order chi connectivity index (χ1) is 13.0. The second-order valence-electron chi connectivity index (χ2n) is 5.70. The SMILES string of the molecule is CNN1C(=O)C(NC)(NC)N=C1c1ccc(C#Cc2cccc(F)c2)cn1. The highest BCUT2D eigenvalue weighted by molar-refractivity contribution is 6.13. The number of hydrazine groups is 1. The van der Waals surface area contributed by atoms with E-state index in [-0.39, 0.29) is 11.7 Å². The minimum atomic E-state index is -1.24. The highest BCUT2D eigenvalue weighted by Crippen LogP contribution is 2.19. The quantitative estimate of drug-likeness (QED) is 0.540. The maximum absolute atomic E-state index is 13.2. The van der Waals surface area contributed by atoms with E-state index in [0.29, 0.717) is 22.7 Å². The molecule has 1 aromatic heterocycles. The van der Waals surface area contributed by atoms with Crippen molar-refractivity contribution in [1.29, 1.82) is 0 Å². The van der Waals surface area contributed by atoms with Crippen LogP contribution in [0.15, 0.2) is 47.6 Å². The van der Waals surface area contributed by atoms with Crippen molar-refractivity contribution in [3.8, 4) is 11.8 Å². The number of hydrogen-bond acceptors (Lipinski definition) is 6. The van der Waals surface area contributed by atoms with E-state index in [4.69, 9.17) is 0 Å². The number of nitrogens with zero attached hydrogens (tertiary/aromatic N) is 3. The van der Waals surface area contributed by atoms with Crippen LogP contribution in [0.2, 0.25) is 0 Å². The summed E-state index contributed by atoms with van der Waals surface area (Å²) < 4.78 is 13.2. The fourth-order valence-corrected chi connectivity index (χ4v) is 2.66. The average molecular weight is 366 g/mol. The molecule has 8 heteroatoms. The van der Waals surface area contributed by atoms with Crippen molar-refractivity contribution in [2.75, 3.05) is 21.1 Å². The number of likely N-dealkylation sites (N-methyl/N-ethyl adjacent to an activating group) is 2. The van der Waals surface area contributed by atoms with Crippen LogP contribution in [-0.2, 0) is 4.79 Å². The Bertz CT molecular complexity index is 941. The lowest BCUT2D eigenvalue weighted by Gasteiger charge is -2.24. The van der Waals surface area contributed by atoms with Crippen molar-refractivity contribution in [3.05, 3.63) is 65.2 Å². The van der Waals surface area contributed by atoms with Gasteiger partial charge in [0.2, 0.25) is 5.79 Å². The van der Waals surface area contributed by atoms with Crippen LogP contribution in [0, 0.1) is 17.7 Å². The van der Waals surface area contributed by atoms with Gasteiger partial charge in [0, 0.05) is 24.4 Å². The number of rotatable bonds is 4. The molecule has 2 aromatic rings. The van der Waals surface area contributed by atoms with E-state index >= 15 is 0 Å². The number of pyridine rings is 1. The molecule has 138 valence electrons. The van der Waals surface area contributed by atoms with E-state index in [1.54, 1.807) is 51.6 Å². The van der Waals surface area contributed by atoms with E-state index in [9.17, 15) is 9.18 Å². The van der Waals surface area contributed by atoms with Gasteiger partial charge in [0.1, 0.15) is 11.5 Å². The number of amidine groups is 1. The molecule has 0 spiro atoms. The zero-order valence-corrected chi connectivity index (χ0v) is 15.2. The standard InChI is InChI=1S/C19H19FN6O/c1-21-19(22-2)18(27)26(23-3)17(25-19)16-10-9-14(12-24-16)8-7-13-5-4-6-15(20)11-13/h4-6,9-12,21-23H,1-3H3. The molecule has 1 aliphatic rings. The van der Waals surface area contributed by atoms with Gasteiger partial charge < -0.3 is 0 Å². The fraction of sp³-hybridized carbons (Fsp3) is 0.211. The lowest BCUT2D eigenvalue weighted by molar-refractivity contribution is -0.135. The molecule has 0 atom stereocenters. The van der Waals surface area contributed by atoms with E-state index in [1.807, 2.05) is 0 Å². The zero-order chi connectivity index (χ0) is 19.4. The van der Waals surface area contributed by atoms with Crippen LogP contribution >= 0.6 is 0 Å². The molecule has 2 heterocycles. The normalized spacial score (nSPS) is 15.3. The zero-order valence-electron chi connectivity index (χ0n) is 15.2. The highest BCUT2D eigenvalue weighted by Gasteiger charge is 2.47. The Labute approximate surface area is 156 Å². The average Bonchev–Trinajstić information content (AvgIpc) is 2.99. The molecule has 7 nitrogen and oxygen atoms in total. The minimum Gasteiger partial charge on any atom is -0.275 e. The lowest BCUT2D eigenvalue weighted by Crippen LogP contribution is -2.61. The molecule has 0 saturated carbocycles. The molecule has 3 N–H and O–H groups in total. The maximum atomic E-state index is 13.2. The summed E-state index contributed by atoms with van der Waals surface area (Å²) in [6, 6.07) is 9.58. The molecular weight excluding hydrogens is 347 g/mol. The summed E-state index contributed by atoms with van der Waals surface area (Å²) in [6.45, 7) is 0. The summed E-state index contributed by atoms with van der Waals surface area (Å²) in [4.78, 5) is 21.4.